The van der Waals surface area contributed by atoms with E-state index in [0.29, 0.717) is 0 Å². The predicted molar refractivity (Wildman–Crippen MR) is 85.4 cm³/mol. The summed E-state index contributed by atoms with van der Waals surface area (Å²) in [4.78, 5) is 0. The highest BCUT2D eigenvalue weighted by Crippen LogP contribution is 2.16. The van der Waals surface area contributed by atoms with Crippen LogP contribution in [0.4, 0.5) is 4.39 Å². The van der Waals surface area contributed by atoms with Gasteiger partial charge in [0.15, 0.2) is 0 Å². The minimum Gasteiger partial charge on any atom is -0.310 e. The van der Waals surface area contributed by atoms with E-state index in [-0.39, 0.29) is 11.9 Å². The van der Waals surface area contributed by atoms with E-state index in [1.54, 1.807) is 6.07 Å². The van der Waals surface area contributed by atoms with Gasteiger partial charge in [0.1, 0.15) is 5.82 Å². The van der Waals surface area contributed by atoms with E-state index in [4.69, 9.17) is 0 Å². The Bertz CT molecular complexity index is 351. The molecule has 0 spiro atoms. The predicted octanol–water partition coefficient (Wildman–Crippen LogP) is 5.62. The summed E-state index contributed by atoms with van der Waals surface area (Å²) in [6.07, 6.45) is 10.6. The van der Waals surface area contributed by atoms with Crippen molar-refractivity contribution >= 4 is 0 Å². The fourth-order valence-electron chi connectivity index (χ4n) is 2.51. The Morgan fingerprint density at radius 1 is 0.950 bits per heavy atom. The molecule has 0 bridgehead atoms. The average molecular weight is 279 g/mol. The maximum atomic E-state index is 13.6. The van der Waals surface area contributed by atoms with Crippen LogP contribution in [0.1, 0.15) is 76.8 Å². The van der Waals surface area contributed by atoms with E-state index in [2.05, 4.69) is 12.2 Å². The standard InChI is InChI=1S/C18H30FN/c1-3-4-5-6-7-8-9-12-15-20-16(2)17-13-10-11-14-18(17)19/h10-11,13-14,16,20H,3-9,12,15H2,1-2H3. The minimum absolute atomic E-state index is 0.0979. The van der Waals surface area contributed by atoms with Crippen LogP contribution >= 0.6 is 0 Å². The van der Waals surface area contributed by atoms with Crippen LogP contribution in [0.2, 0.25) is 0 Å². The summed E-state index contributed by atoms with van der Waals surface area (Å²) in [6, 6.07) is 7.13. The summed E-state index contributed by atoms with van der Waals surface area (Å²) in [7, 11) is 0. The zero-order chi connectivity index (χ0) is 14.6. The third kappa shape index (κ3) is 7.04. The summed E-state index contributed by atoms with van der Waals surface area (Å²) < 4.78 is 13.6. The van der Waals surface area contributed by atoms with Gasteiger partial charge in [-0.25, -0.2) is 4.39 Å². The van der Waals surface area contributed by atoms with Crippen LogP contribution in [0.3, 0.4) is 0 Å². The van der Waals surface area contributed by atoms with Crippen LogP contribution in [0, 0.1) is 5.82 Å². The third-order valence-electron chi connectivity index (χ3n) is 3.85. The van der Waals surface area contributed by atoms with Gasteiger partial charge in [-0.2, -0.15) is 0 Å². The van der Waals surface area contributed by atoms with Crippen molar-refractivity contribution in [1.82, 2.24) is 5.32 Å². The molecule has 114 valence electrons. The molecule has 0 radical (unpaired) electrons. The Morgan fingerprint density at radius 2 is 1.55 bits per heavy atom. The molecule has 1 aromatic carbocycles. The summed E-state index contributed by atoms with van der Waals surface area (Å²) in [5.74, 6) is -0.108. The van der Waals surface area contributed by atoms with Crippen molar-refractivity contribution in [2.24, 2.45) is 0 Å². The van der Waals surface area contributed by atoms with Gasteiger partial charge in [-0.1, -0.05) is 70.1 Å². The number of hydrogen-bond donors (Lipinski definition) is 1. The van der Waals surface area contributed by atoms with Gasteiger partial charge in [-0.05, 0) is 26.0 Å². The second kappa shape index (κ2) is 10.8. The van der Waals surface area contributed by atoms with E-state index in [9.17, 15) is 4.39 Å². The first-order valence-electron chi connectivity index (χ1n) is 8.23. The minimum atomic E-state index is -0.108. The quantitative estimate of drug-likeness (QED) is 0.519. The second-order valence-electron chi connectivity index (χ2n) is 5.67. The van der Waals surface area contributed by atoms with Crippen molar-refractivity contribution in [3.63, 3.8) is 0 Å². The Hall–Kier alpha value is -0.890. The molecule has 1 N–H and O–H groups in total. The fourth-order valence-corrected chi connectivity index (χ4v) is 2.51. The molecule has 1 unspecified atom stereocenters. The zero-order valence-corrected chi connectivity index (χ0v) is 13.1. The van der Waals surface area contributed by atoms with E-state index in [1.165, 1.54) is 57.4 Å². The van der Waals surface area contributed by atoms with E-state index in [1.807, 2.05) is 19.1 Å². The molecule has 0 aliphatic heterocycles. The van der Waals surface area contributed by atoms with Crippen LogP contribution in [0.5, 0.6) is 0 Å². The normalized spacial score (nSPS) is 12.6. The van der Waals surface area contributed by atoms with Crippen molar-refractivity contribution < 1.29 is 4.39 Å². The molecule has 0 aliphatic carbocycles. The summed E-state index contributed by atoms with van der Waals surface area (Å²) in [5, 5.41) is 3.41. The molecule has 0 saturated heterocycles. The van der Waals surface area contributed by atoms with Gasteiger partial charge in [-0.3, -0.25) is 0 Å². The zero-order valence-electron chi connectivity index (χ0n) is 13.1. The number of unbranched alkanes of at least 4 members (excludes halogenated alkanes) is 7. The van der Waals surface area contributed by atoms with E-state index >= 15 is 0 Å². The molecule has 0 aromatic heterocycles. The van der Waals surface area contributed by atoms with Crippen molar-refractivity contribution in [3.8, 4) is 0 Å². The summed E-state index contributed by atoms with van der Waals surface area (Å²) in [6.45, 7) is 5.26. The Morgan fingerprint density at radius 3 is 2.20 bits per heavy atom. The topological polar surface area (TPSA) is 12.0 Å². The van der Waals surface area contributed by atoms with Crippen LogP contribution in [0.15, 0.2) is 24.3 Å². The van der Waals surface area contributed by atoms with Gasteiger partial charge < -0.3 is 5.32 Å². The van der Waals surface area contributed by atoms with Crippen LogP contribution in [-0.4, -0.2) is 6.54 Å². The molecule has 0 fully saturated rings. The van der Waals surface area contributed by atoms with Gasteiger partial charge in [0.25, 0.3) is 0 Å². The molecule has 0 aliphatic rings. The maximum absolute atomic E-state index is 13.6. The molecule has 0 saturated carbocycles. The Kier molecular flexibility index (Phi) is 9.31. The largest absolute Gasteiger partial charge is 0.310 e. The maximum Gasteiger partial charge on any atom is 0.127 e. The summed E-state index contributed by atoms with van der Waals surface area (Å²) in [5.41, 5.74) is 0.770. The van der Waals surface area contributed by atoms with Gasteiger partial charge in [0.05, 0.1) is 0 Å². The van der Waals surface area contributed by atoms with Crippen molar-refractivity contribution in [2.45, 2.75) is 71.3 Å². The lowest BCUT2D eigenvalue weighted by molar-refractivity contribution is 0.502. The number of rotatable bonds is 11. The van der Waals surface area contributed by atoms with Crippen LogP contribution in [-0.2, 0) is 0 Å². The van der Waals surface area contributed by atoms with Gasteiger partial charge in [-0.15, -0.1) is 0 Å². The fraction of sp³-hybridized carbons (Fsp3) is 0.667. The molecule has 2 heteroatoms. The highest BCUT2D eigenvalue weighted by atomic mass is 19.1. The van der Waals surface area contributed by atoms with Gasteiger partial charge in [0.2, 0.25) is 0 Å². The molecule has 1 atom stereocenters. The molecule has 1 rings (SSSR count). The van der Waals surface area contributed by atoms with E-state index < -0.39 is 0 Å². The number of hydrogen-bond acceptors (Lipinski definition) is 1. The number of nitrogens with one attached hydrogen (secondary N) is 1. The molecule has 20 heavy (non-hydrogen) atoms. The summed E-state index contributed by atoms with van der Waals surface area (Å²) >= 11 is 0. The SMILES string of the molecule is CCCCCCCCCCNC(C)c1ccccc1F. The lowest BCUT2D eigenvalue weighted by Crippen LogP contribution is -2.20. The molecule has 1 aromatic rings. The molecule has 1 nitrogen and oxygen atoms in total. The molecular formula is C18H30FN. The number of halogens is 1. The molecule has 0 heterocycles. The first kappa shape index (κ1) is 17.2. The smallest absolute Gasteiger partial charge is 0.127 e. The molecule has 0 amide bonds. The number of benzene rings is 1. The highest BCUT2D eigenvalue weighted by molar-refractivity contribution is 5.20. The van der Waals surface area contributed by atoms with Crippen molar-refractivity contribution in [2.75, 3.05) is 6.54 Å². The van der Waals surface area contributed by atoms with Gasteiger partial charge >= 0.3 is 0 Å². The van der Waals surface area contributed by atoms with E-state index in [0.717, 1.165) is 12.1 Å². The van der Waals surface area contributed by atoms with Crippen molar-refractivity contribution in [1.29, 1.82) is 0 Å². The average Bonchev–Trinajstić information content (AvgIpc) is 2.46. The third-order valence-corrected chi connectivity index (χ3v) is 3.85. The molecular weight excluding hydrogens is 249 g/mol. The first-order chi connectivity index (χ1) is 9.75. The monoisotopic (exact) mass is 279 g/mol. The first-order valence-corrected chi connectivity index (χ1v) is 8.23. The highest BCUT2D eigenvalue weighted by Gasteiger charge is 2.08. The Balaban J connectivity index is 2.03. The lowest BCUT2D eigenvalue weighted by atomic mass is 10.1. The van der Waals surface area contributed by atoms with Crippen LogP contribution < -0.4 is 5.32 Å². The lowest BCUT2D eigenvalue weighted by Gasteiger charge is -2.14. The Labute approximate surface area is 124 Å². The second-order valence-corrected chi connectivity index (χ2v) is 5.67. The van der Waals surface area contributed by atoms with Crippen molar-refractivity contribution in [3.05, 3.63) is 35.6 Å². The van der Waals surface area contributed by atoms with Crippen LogP contribution in [0.25, 0.3) is 0 Å². The van der Waals surface area contributed by atoms with Gasteiger partial charge in [0, 0.05) is 11.6 Å².